The van der Waals surface area contributed by atoms with E-state index in [-0.39, 0.29) is 18.6 Å². The number of amides is 1. The third-order valence-electron chi connectivity index (χ3n) is 5.93. The number of aromatic nitrogens is 2. The number of hydrogen-bond donors (Lipinski definition) is 1. The van der Waals surface area contributed by atoms with E-state index in [2.05, 4.69) is 27.8 Å². The largest absolute Gasteiger partial charge is 0.454 e. The Bertz CT molecular complexity index is 1080. The lowest BCUT2D eigenvalue weighted by Gasteiger charge is -2.33. The van der Waals surface area contributed by atoms with Gasteiger partial charge in [0.25, 0.3) is 0 Å². The van der Waals surface area contributed by atoms with Crippen molar-refractivity contribution in [2.75, 3.05) is 24.8 Å². The van der Waals surface area contributed by atoms with Gasteiger partial charge in [-0.05, 0) is 49.6 Å². The fourth-order valence-corrected chi connectivity index (χ4v) is 4.37. The van der Waals surface area contributed by atoms with E-state index >= 15 is 0 Å². The van der Waals surface area contributed by atoms with E-state index in [4.69, 9.17) is 14.5 Å². The lowest BCUT2D eigenvalue weighted by molar-refractivity contribution is -0.125. The van der Waals surface area contributed by atoms with E-state index in [0.29, 0.717) is 13.1 Å². The van der Waals surface area contributed by atoms with Gasteiger partial charge in [0, 0.05) is 26.2 Å². The fourth-order valence-electron chi connectivity index (χ4n) is 4.37. The highest BCUT2D eigenvalue weighted by atomic mass is 16.7. The van der Waals surface area contributed by atoms with E-state index in [1.54, 1.807) is 0 Å². The minimum atomic E-state index is -0.0436. The monoisotopic (exact) mass is 406 g/mol. The van der Waals surface area contributed by atoms with Crippen molar-refractivity contribution in [3.8, 4) is 11.5 Å². The Morgan fingerprint density at radius 2 is 2.07 bits per heavy atom. The van der Waals surface area contributed by atoms with E-state index in [0.717, 1.165) is 60.0 Å². The molecule has 3 heterocycles. The second kappa shape index (κ2) is 7.89. The van der Waals surface area contributed by atoms with Crippen LogP contribution in [0.15, 0.2) is 42.5 Å². The van der Waals surface area contributed by atoms with Gasteiger partial charge < -0.3 is 24.3 Å². The lowest BCUT2D eigenvalue weighted by atomic mass is 9.97. The number of fused-ring (bicyclic) bond motifs is 2. The summed E-state index contributed by atoms with van der Waals surface area (Å²) in [6.45, 7) is 5.35. The molecule has 2 aromatic carbocycles. The summed E-state index contributed by atoms with van der Waals surface area (Å²) >= 11 is 0. The number of benzene rings is 2. The van der Waals surface area contributed by atoms with Gasteiger partial charge in [-0.1, -0.05) is 18.2 Å². The van der Waals surface area contributed by atoms with Crippen molar-refractivity contribution in [3.63, 3.8) is 0 Å². The highest BCUT2D eigenvalue weighted by Crippen LogP contribution is 2.32. The van der Waals surface area contributed by atoms with Crippen molar-refractivity contribution in [2.24, 2.45) is 5.92 Å². The fraction of sp³-hybridized carbons (Fsp3) is 0.391. The Hall–Kier alpha value is -3.22. The molecule has 0 spiro atoms. The molecule has 0 aliphatic carbocycles. The van der Waals surface area contributed by atoms with Crippen LogP contribution in [0.4, 0.5) is 5.95 Å². The van der Waals surface area contributed by atoms with Gasteiger partial charge in [-0.15, -0.1) is 0 Å². The summed E-state index contributed by atoms with van der Waals surface area (Å²) in [4.78, 5) is 20.0. The molecule has 1 saturated heterocycles. The number of piperidine rings is 1. The quantitative estimate of drug-likeness (QED) is 0.704. The third kappa shape index (κ3) is 3.44. The summed E-state index contributed by atoms with van der Waals surface area (Å²) in [5, 5.41) is 3.10. The highest BCUT2D eigenvalue weighted by Gasteiger charge is 2.28. The molecule has 1 N–H and O–H groups in total. The number of hydrogen-bond acceptors (Lipinski definition) is 5. The van der Waals surface area contributed by atoms with Crippen molar-refractivity contribution in [1.82, 2.24) is 14.9 Å². The number of aryl methyl sites for hydroxylation is 1. The smallest absolute Gasteiger partial charge is 0.231 e. The van der Waals surface area contributed by atoms with Crippen molar-refractivity contribution in [3.05, 3.63) is 48.0 Å². The van der Waals surface area contributed by atoms with Crippen molar-refractivity contribution in [1.29, 1.82) is 0 Å². The van der Waals surface area contributed by atoms with Gasteiger partial charge in [-0.2, -0.15) is 0 Å². The molecular formula is C23H26N4O3. The second-order valence-electron chi connectivity index (χ2n) is 7.84. The van der Waals surface area contributed by atoms with Crippen LogP contribution in [0.3, 0.4) is 0 Å². The van der Waals surface area contributed by atoms with Crippen LogP contribution in [0.5, 0.6) is 11.5 Å². The number of carbonyl (C=O) groups is 1. The molecule has 1 atom stereocenters. The van der Waals surface area contributed by atoms with Crippen LogP contribution < -0.4 is 19.7 Å². The van der Waals surface area contributed by atoms with Crippen LogP contribution in [0.25, 0.3) is 11.0 Å². The van der Waals surface area contributed by atoms with Crippen LogP contribution in [0.1, 0.15) is 25.3 Å². The topological polar surface area (TPSA) is 68.6 Å². The van der Waals surface area contributed by atoms with Crippen molar-refractivity contribution in [2.45, 2.75) is 32.9 Å². The molecule has 1 fully saturated rings. The molecule has 1 amide bonds. The SMILES string of the molecule is CCn1c(N2CCCC(C(=O)NCc3ccc4c(c3)OCO4)C2)nc2ccccc21. The molecule has 2 aliphatic rings. The van der Waals surface area contributed by atoms with Gasteiger partial charge in [0.1, 0.15) is 0 Å². The number of ether oxygens (including phenoxy) is 2. The molecule has 7 nitrogen and oxygen atoms in total. The molecule has 0 radical (unpaired) electrons. The summed E-state index contributed by atoms with van der Waals surface area (Å²) in [6.07, 6.45) is 1.88. The minimum absolute atomic E-state index is 0.0436. The molecule has 3 aromatic rings. The number of imidazole rings is 1. The van der Waals surface area contributed by atoms with E-state index in [1.165, 1.54) is 0 Å². The molecule has 156 valence electrons. The maximum absolute atomic E-state index is 12.9. The van der Waals surface area contributed by atoms with E-state index in [9.17, 15) is 4.79 Å². The maximum Gasteiger partial charge on any atom is 0.231 e. The Morgan fingerprint density at radius 1 is 1.20 bits per heavy atom. The molecule has 0 saturated carbocycles. The Morgan fingerprint density at radius 3 is 2.97 bits per heavy atom. The molecule has 1 unspecified atom stereocenters. The van der Waals surface area contributed by atoms with Gasteiger partial charge in [0.2, 0.25) is 18.6 Å². The molecule has 30 heavy (non-hydrogen) atoms. The van der Waals surface area contributed by atoms with Crippen LogP contribution >= 0.6 is 0 Å². The van der Waals surface area contributed by atoms with Crippen LogP contribution in [-0.4, -0.2) is 35.3 Å². The predicted molar refractivity (Wildman–Crippen MR) is 115 cm³/mol. The standard InChI is InChI=1S/C23H26N4O3/c1-2-27-19-8-4-3-7-18(19)25-23(27)26-11-5-6-17(14-26)22(28)24-13-16-9-10-20-21(12-16)30-15-29-20/h3-4,7-10,12,17H,2,5-6,11,13-15H2,1H3,(H,24,28). The molecule has 2 aliphatic heterocycles. The summed E-state index contributed by atoms with van der Waals surface area (Å²) in [6, 6.07) is 14.0. The van der Waals surface area contributed by atoms with E-state index in [1.807, 2.05) is 36.4 Å². The van der Waals surface area contributed by atoms with Gasteiger partial charge in [0.15, 0.2) is 11.5 Å². The molecule has 0 bridgehead atoms. The minimum Gasteiger partial charge on any atom is -0.454 e. The summed E-state index contributed by atoms with van der Waals surface area (Å²) in [7, 11) is 0. The first-order chi connectivity index (χ1) is 14.7. The Kier molecular flexibility index (Phi) is 4.94. The Balaban J connectivity index is 1.27. The zero-order valence-corrected chi connectivity index (χ0v) is 17.1. The first-order valence-corrected chi connectivity index (χ1v) is 10.6. The number of rotatable bonds is 5. The highest BCUT2D eigenvalue weighted by molar-refractivity contribution is 5.81. The summed E-state index contributed by atoms with van der Waals surface area (Å²) in [5.41, 5.74) is 3.15. The number of nitrogens with one attached hydrogen (secondary N) is 1. The summed E-state index contributed by atoms with van der Waals surface area (Å²) in [5.74, 6) is 2.51. The zero-order valence-electron chi connectivity index (χ0n) is 17.1. The predicted octanol–water partition coefficient (Wildman–Crippen LogP) is 3.32. The van der Waals surface area contributed by atoms with Gasteiger partial charge in [0.05, 0.1) is 17.0 Å². The second-order valence-corrected chi connectivity index (χ2v) is 7.84. The number of para-hydroxylation sites is 2. The first-order valence-electron chi connectivity index (χ1n) is 10.6. The van der Waals surface area contributed by atoms with Gasteiger partial charge >= 0.3 is 0 Å². The molecule has 1 aromatic heterocycles. The number of anilines is 1. The number of carbonyl (C=O) groups excluding carboxylic acids is 1. The molecule has 7 heteroatoms. The van der Waals surface area contributed by atoms with Gasteiger partial charge in [-0.3, -0.25) is 4.79 Å². The van der Waals surface area contributed by atoms with Crippen LogP contribution in [0, 0.1) is 5.92 Å². The van der Waals surface area contributed by atoms with Crippen LogP contribution in [0.2, 0.25) is 0 Å². The Labute approximate surface area is 175 Å². The van der Waals surface area contributed by atoms with Gasteiger partial charge in [-0.25, -0.2) is 4.98 Å². The van der Waals surface area contributed by atoms with E-state index < -0.39 is 0 Å². The number of nitrogens with zero attached hydrogens (tertiary/aromatic N) is 3. The summed E-state index contributed by atoms with van der Waals surface area (Å²) < 4.78 is 13.0. The normalized spacial score (nSPS) is 18.0. The molecular weight excluding hydrogens is 380 g/mol. The first kappa shape index (κ1) is 18.8. The van der Waals surface area contributed by atoms with Crippen molar-refractivity contribution < 1.29 is 14.3 Å². The third-order valence-corrected chi connectivity index (χ3v) is 5.93. The molecule has 5 rings (SSSR count). The zero-order chi connectivity index (χ0) is 20.5. The maximum atomic E-state index is 12.9. The van der Waals surface area contributed by atoms with Crippen molar-refractivity contribution >= 4 is 22.9 Å². The average molecular weight is 406 g/mol. The average Bonchev–Trinajstić information content (AvgIpc) is 3.41. The van der Waals surface area contributed by atoms with Crippen LogP contribution in [-0.2, 0) is 17.9 Å². The lowest BCUT2D eigenvalue weighted by Crippen LogP contribution is -2.43.